The van der Waals surface area contributed by atoms with Gasteiger partial charge in [0.05, 0.1) is 19.2 Å². The average molecular weight is 340 g/mol. The molecule has 1 unspecified atom stereocenters. The van der Waals surface area contributed by atoms with E-state index in [9.17, 15) is 9.59 Å². The topological polar surface area (TPSA) is 68.7 Å². The summed E-state index contributed by atoms with van der Waals surface area (Å²) in [5.74, 6) is 0.0979. The van der Waals surface area contributed by atoms with Crippen molar-refractivity contribution in [1.29, 1.82) is 0 Å². The monoisotopic (exact) mass is 340 g/mol. The molecule has 0 bridgehead atoms. The fourth-order valence-corrected chi connectivity index (χ4v) is 2.81. The Bertz CT molecular complexity index is 773. The smallest absolute Gasteiger partial charge is 0.337 e. The van der Waals surface area contributed by atoms with Crippen molar-refractivity contribution in [2.24, 2.45) is 0 Å². The number of rotatable bonds is 4. The molecule has 6 nitrogen and oxygen atoms in total. The Morgan fingerprint density at radius 1 is 1.12 bits per heavy atom. The lowest BCUT2D eigenvalue weighted by atomic mass is 10.1. The molecule has 1 aliphatic rings. The third-order valence-corrected chi connectivity index (χ3v) is 4.14. The fraction of sp³-hybridized carbons (Fsp3) is 0.316. The van der Waals surface area contributed by atoms with Gasteiger partial charge in [-0.3, -0.25) is 4.79 Å². The number of hydrogen-bond acceptors (Lipinski definition) is 5. The first-order chi connectivity index (χ1) is 12.1. The minimum absolute atomic E-state index is 0.0624. The predicted molar refractivity (Wildman–Crippen MR) is 91.7 cm³/mol. The first-order valence-corrected chi connectivity index (χ1v) is 8.15. The number of hydrogen-bond donors (Lipinski definition) is 0. The number of pyridine rings is 1. The van der Waals surface area contributed by atoms with Gasteiger partial charge in [-0.1, -0.05) is 6.07 Å². The summed E-state index contributed by atoms with van der Waals surface area (Å²) < 4.78 is 10.5. The number of aromatic nitrogens is 1. The van der Waals surface area contributed by atoms with E-state index in [1.165, 1.54) is 7.11 Å². The highest BCUT2D eigenvalue weighted by Crippen LogP contribution is 2.19. The molecule has 2 aromatic rings. The Morgan fingerprint density at radius 3 is 2.52 bits per heavy atom. The van der Waals surface area contributed by atoms with Gasteiger partial charge in [-0.25, -0.2) is 9.78 Å². The van der Waals surface area contributed by atoms with Gasteiger partial charge in [0.15, 0.2) is 0 Å². The second-order valence-corrected chi connectivity index (χ2v) is 5.97. The molecule has 2 heterocycles. The van der Waals surface area contributed by atoms with E-state index in [0.717, 1.165) is 12.1 Å². The first kappa shape index (κ1) is 17.0. The number of nitrogens with zero attached hydrogens (tertiary/aromatic N) is 2. The van der Waals surface area contributed by atoms with E-state index in [4.69, 9.17) is 4.74 Å². The van der Waals surface area contributed by atoms with Crippen LogP contribution >= 0.6 is 0 Å². The highest BCUT2D eigenvalue weighted by atomic mass is 16.5. The van der Waals surface area contributed by atoms with Crippen LogP contribution in [-0.4, -0.2) is 48.1 Å². The molecule has 130 valence electrons. The van der Waals surface area contributed by atoms with E-state index >= 15 is 0 Å². The van der Waals surface area contributed by atoms with Gasteiger partial charge in [0, 0.05) is 30.3 Å². The van der Waals surface area contributed by atoms with Gasteiger partial charge >= 0.3 is 5.97 Å². The van der Waals surface area contributed by atoms with Crippen LogP contribution in [0.2, 0.25) is 0 Å². The van der Waals surface area contributed by atoms with Crippen molar-refractivity contribution >= 4 is 11.9 Å². The lowest BCUT2D eigenvalue weighted by Gasteiger charge is -2.17. The summed E-state index contributed by atoms with van der Waals surface area (Å²) in [4.78, 5) is 30.1. The molecule has 1 aromatic heterocycles. The van der Waals surface area contributed by atoms with E-state index in [1.807, 2.05) is 25.1 Å². The molecular weight excluding hydrogens is 320 g/mol. The van der Waals surface area contributed by atoms with Crippen LogP contribution in [0.3, 0.4) is 0 Å². The van der Waals surface area contributed by atoms with Gasteiger partial charge in [0.1, 0.15) is 6.10 Å². The molecule has 1 atom stereocenters. The van der Waals surface area contributed by atoms with Gasteiger partial charge < -0.3 is 14.4 Å². The zero-order valence-electron chi connectivity index (χ0n) is 14.3. The van der Waals surface area contributed by atoms with Gasteiger partial charge in [0.2, 0.25) is 5.88 Å². The standard InChI is InChI=1S/C19H20N2O4/c1-13-4-3-5-17(20-13)25-16-10-11-21(12-16)18(22)14-6-8-15(9-7-14)19(23)24-2/h3-9,16H,10-12H2,1-2H3. The van der Waals surface area contributed by atoms with Crippen molar-refractivity contribution in [2.75, 3.05) is 20.2 Å². The Hall–Kier alpha value is -2.89. The molecule has 1 fully saturated rings. The highest BCUT2D eigenvalue weighted by molar-refractivity contribution is 5.96. The van der Waals surface area contributed by atoms with Crippen molar-refractivity contribution in [1.82, 2.24) is 9.88 Å². The largest absolute Gasteiger partial charge is 0.472 e. The zero-order valence-corrected chi connectivity index (χ0v) is 14.3. The quantitative estimate of drug-likeness (QED) is 0.800. The van der Waals surface area contributed by atoms with E-state index in [2.05, 4.69) is 9.72 Å². The first-order valence-electron chi connectivity index (χ1n) is 8.15. The number of ether oxygens (including phenoxy) is 2. The van der Waals surface area contributed by atoms with Crippen LogP contribution in [0.5, 0.6) is 5.88 Å². The number of benzene rings is 1. The normalized spacial score (nSPS) is 16.6. The van der Waals surface area contributed by atoms with Crippen LogP contribution in [0.4, 0.5) is 0 Å². The van der Waals surface area contributed by atoms with Crippen LogP contribution in [0, 0.1) is 6.92 Å². The molecule has 6 heteroatoms. The summed E-state index contributed by atoms with van der Waals surface area (Å²) in [5, 5.41) is 0. The maximum absolute atomic E-state index is 12.6. The van der Waals surface area contributed by atoms with Crippen LogP contribution in [-0.2, 0) is 4.74 Å². The van der Waals surface area contributed by atoms with Gasteiger partial charge in [-0.2, -0.15) is 0 Å². The Labute approximate surface area is 146 Å². The molecular formula is C19H20N2O4. The number of carbonyl (C=O) groups is 2. The Balaban J connectivity index is 1.61. The summed E-state index contributed by atoms with van der Waals surface area (Å²) in [6.45, 7) is 3.07. The van der Waals surface area contributed by atoms with Crippen molar-refractivity contribution in [3.63, 3.8) is 0 Å². The summed E-state index contributed by atoms with van der Waals surface area (Å²) >= 11 is 0. The van der Waals surface area contributed by atoms with Crippen molar-refractivity contribution < 1.29 is 19.1 Å². The zero-order chi connectivity index (χ0) is 17.8. The number of esters is 1. The van der Waals surface area contributed by atoms with E-state index in [-0.39, 0.29) is 12.0 Å². The number of carbonyl (C=O) groups excluding carboxylic acids is 2. The maximum atomic E-state index is 12.6. The summed E-state index contributed by atoms with van der Waals surface area (Å²) in [6, 6.07) is 12.1. The Kier molecular flexibility index (Phi) is 4.97. The number of likely N-dealkylation sites (tertiary alicyclic amines) is 1. The molecule has 0 radical (unpaired) electrons. The van der Waals surface area contributed by atoms with E-state index in [1.54, 1.807) is 29.2 Å². The van der Waals surface area contributed by atoms with Gasteiger partial charge in [-0.05, 0) is 37.3 Å². The van der Waals surface area contributed by atoms with Crippen molar-refractivity contribution in [3.05, 3.63) is 59.3 Å². The molecule has 0 spiro atoms. The molecule has 0 aliphatic carbocycles. The lowest BCUT2D eigenvalue weighted by molar-refractivity contribution is 0.0600. The molecule has 1 amide bonds. The summed E-state index contributed by atoms with van der Waals surface area (Å²) in [5.41, 5.74) is 1.86. The highest BCUT2D eigenvalue weighted by Gasteiger charge is 2.28. The minimum Gasteiger partial charge on any atom is -0.472 e. The molecule has 0 saturated carbocycles. The second kappa shape index (κ2) is 7.34. The maximum Gasteiger partial charge on any atom is 0.337 e. The van der Waals surface area contributed by atoms with Crippen LogP contribution in [0.15, 0.2) is 42.5 Å². The molecule has 1 aliphatic heterocycles. The van der Waals surface area contributed by atoms with Gasteiger partial charge in [0.25, 0.3) is 5.91 Å². The molecule has 0 N–H and O–H groups in total. The lowest BCUT2D eigenvalue weighted by Crippen LogP contribution is -2.31. The third-order valence-electron chi connectivity index (χ3n) is 4.14. The second-order valence-electron chi connectivity index (χ2n) is 5.97. The molecule has 1 aromatic carbocycles. The van der Waals surface area contributed by atoms with Gasteiger partial charge in [-0.15, -0.1) is 0 Å². The number of methoxy groups -OCH3 is 1. The SMILES string of the molecule is COC(=O)c1ccc(C(=O)N2CCC(Oc3cccc(C)n3)C2)cc1. The van der Waals surface area contributed by atoms with Crippen LogP contribution in [0.1, 0.15) is 32.8 Å². The van der Waals surface area contributed by atoms with Crippen LogP contribution in [0.25, 0.3) is 0 Å². The van der Waals surface area contributed by atoms with E-state index in [0.29, 0.717) is 30.1 Å². The molecule has 1 saturated heterocycles. The minimum atomic E-state index is -0.417. The summed E-state index contributed by atoms with van der Waals surface area (Å²) in [7, 11) is 1.33. The van der Waals surface area contributed by atoms with E-state index < -0.39 is 5.97 Å². The summed E-state index contributed by atoms with van der Waals surface area (Å²) in [6.07, 6.45) is 0.703. The third kappa shape index (κ3) is 3.96. The fourth-order valence-electron chi connectivity index (χ4n) is 2.81. The number of aryl methyl sites for hydroxylation is 1. The van der Waals surface area contributed by atoms with Crippen molar-refractivity contribution in [3.8, 4) is 5.88 Å². The predicted octanol–water partition coefficient (Wildman–Crippen LogP) is 2.47. The molecule has 25 heavy (non-hydrogen) atoms. The average Bonchev–Trinajstić information content (AvgIpc) is 3.09. The number of amides is 1. The van der Waals surface area contributed by atoms with Crippen LogP contribution < -0.4 is 4.74 Å². The molecule has 3 rings (SSSR count). The van der Waals surface area contributed by atoms with Crippen molar-refractivity contribution in [2.45, 2.75) is 19.4 Å². The Morgan fingerprint density at radius 2 is 1.84 bits per heavy atom.